The summed E-state index contributed by atoms with van der Waals surface area (Å²) in [5, 5.41) is 2.91. The average Bonchev–Trinajstić information content (AvgIpc) is 2.96. The van der Waals surface area contributed by atoms with Gasteiger partial charge in [0, 0.05) is 12.5 Å². The van der Waals surface area contributed by atoms with Gasteiger partial charge in [-0.3, -0.25) is 0 Å². The van der Waals surface area contributed by atoms with Gasteiger partial charge in [0.1, 0.15) is 5.76 Å². The molecule has 1 aliphatic rings. The Labute approximate surface area is 117 Å². The number of furan rings is 1. The molecule has 2 atom stereocenters. The third-order valence-electron chi connectivity index (χ3n) is 3.68. The number of nitrogens with one attached hydrogen (secondary N) is 1. The molecule has 1 aliphatic carbocycles. The van der Waals surface area contributed by atoms with Crippen LogP contribution in [-0.4, -0.2) is 16.5 Å². The number of hydrogen-bond acceptors (Lipinski definition) is 4. The van der Waals surface area contributed by atoms with Gasteiger partial charge in [-0.05, 0) is 38.3 Å². The van der Waals surface area contributed by atoms with E-state index in [1.54, 1.807) is 6.92 Å². The third kappa shape index (κ3) is 2.28. The first kappa shape index (κ1) is 13.1. The summed E-state index contributed by atoms with van der Waals surface area (Å²) in [6, 6.07) is 3.83. The highest BCUT2D eigenvalue weighted by Crippen LogP contribution is 2.47. The van der Waals surface area contributed by atoms with E-state index in [9.17, 15) is 4.39 Å². The lowest BCUT2D eigenvalue weighted by Crippen LogP contribution is -2.06. The minimum atomic E-state index is -0.404. The molecule has 20 heavy (non-hydrogen) atoms. The minimum absolute atomic E-state index is 0.229. The van der Waals surface area contributed by atoms with Gasteiger partial charge in [-0.15, -0.1) is 0 Å². The van der Waals surface area contributed by atoms with Gasteiger partial charge in [0.2, 0.25) is 0 Å². The van der Waals surface area contributed by atoms with Gasteiger partial charge in [0.15, 0.2) is 23.2 Å². The fraction of sp³-hybridized carbons (Fsp3) is 0.467. The van der Waals surface area contributed by atoms with Gasteiger partial charge in [-0.2, -0.15) is 0 Å². The number of anilines is 1. The van der Waals surface area contributed by atoms with E-state index in [-0.39, 0.29) is 5.82 Å². The van der Waals surface area contributed by atoms with E-state index in [1.165, 1.54) is 6.42 Å². The van der Waals surface area contributed by atoms with Crippen LogP contribution in [0.25, 0.3) is 11.6 Å². The van der Waals surface area contributed by atoms with E-state index in [2.05, 4.69) is 22.2 Å². The van der Waals surface area contributed by atoms with Crippen LogP contribution < -0.4 is 5.32 Å². The summed E-state index contributed by atoms with van der Waals surface area (Å²) >= 11 is 0. The number of nitrogens with zero attached hydrogens (tertiary/aromatic N) is 2. The van der Waals surface area contributed by atoms with Crippen molar-refractivity contribution in [3.8, 4) is 11.6 Å². The Morgan fingerprint density at radius 1 is 1.40 bits per heavy atom. The molecule has 1 N–H and O–H groups in total. The van der Waals surface area contributed by atoms with Crippen LogP contribution >= 0.6 is 0 Å². The highest BCUT2D eigenvalue weighted by molar-refractivity contribution is 5.52. The first-order valence-electron chi connectivity index (χ1n) is 6.98. The van der Waals surface area contributed by atoms with Crippen LogP contribution in [0.15, 0.2) is 16.5 Å². The van der Waals surface area contributed by atoms with Crippen LogP contribution in [0.2, 0.25) is 0 Å². The van der Waals surface area contributed by atoms with Gasteiger partial charge in [-0.25, -0.2) is 14.4 Å². The van der Waals surface area contributed by atoms with Crippen LogP contribution in [-0.2, 0) is 0 Å². The molecule has 2 aromatic rings. The Morgan fingerprint density at radius 2 is 2.15 bits per heavy atom. The summed E-state index contributed by atoms with van der Waals surface area (Å²) in [5.74, 6) is 3.02. The van der Waals surface area contributed by atoms with Crippen molar-refractivity contribution in [1.29, 1.82) is 0 Å². The molecule has 0 aliphatic heterocycles. The fourth-order valence-corrected chi connectivity index (χ4v) is 2.34. The van der Waals surface area contributed by atoms with E-state index in [4.69, 9.17) is 4.42 Å². The molecular weight excluding hydrogens is 257 g/mol. The van der Waals surface area contributed by atoms with Crippen molar-refractivity contribution in [1.82, 2.24) is 9.97 Å². The maximum atomic E-state index is 13.9. The Balaban J connectivity index is 1.95. The third-order valence-corrected chi connectivity index (χ3v) is 3.68. The summed E-state index contributed by atoms with van der Waals surface area (Å²) < 4.78 is 19.7. The molecule has 3 rings (SSSR count). The molecule has 2 heterocycles. The quantitative estimate of drug-likeness (QED) is 0.923. The summed E-state index contributed by atoms with van der Waals surface area (Å²) in [4.78, 5) is 8.39. The smallest absolute Gasteiger partial charge is 0.198 e. The van der Waals surface area contributed by atoms with E-state index in [1.807, 2.05) is 19.1 Å². The highest BCUT2D eigenvalue weighted by Gasteiger charge is 2.36. The van der Waals surface area contributed by atoms with E-state index in [0.29, 0.717) is 35.7 Å². The van der Waals surface area contributed by atoms with Crippen LogP contribution in [0.1, 0.15) is 37.6 Å². The molecule has 0 radical (unpaired) electrons. The Kier molecular flexibility index (Phi) is 3.20. The van der Waals surface area contributed by atoms with Crippen molar-refractivity contribution < 1.29 is 8.81 Å². The van der Waals surface area contributed by atoms with Gasteiger partial charge >= 0.3 is 0 Å². The van der Waals surface area contributed by atoms with E-state index in [0.717, 1.165) is 5.76 Å². The SMILES string of the molecule is CCNc1nc(-c2ccc(C3CC3C)o2)nc(C)c1F. The summed E-state index contributed by atoms with van der Waals surface area (Å²) in [7, 11) is 0. The fourth-order valence-electron chi connectivity index (χ4n) is 2.34. The van der Waals surface area contributed by atoms with Crippen LogP contribution in [0.4, 0.5) is 10.2 Å². The van der Waals surface area contributed by atoms with Gasteiger partial charge in [-0.1, -0.05) is 6.92 Å². The van der Waals surface area contributed by atoms with Gasteiger partial charge < -0.3 is 9.73 Å². The molecule has 0 aromatic carbocycles. The second-order valence-electron chi connectivity index (χ2n) is 5.35. The van der Waals surface area contributed by atoms with Gasteiger partial charge in [0.25, 0.3) is 0 Å². The Bertz CT molecular complexity index is 638. The molecule has 5 heteroatoms. The molecule has 2 aromatic heterocycles. The van der Waals surface area contributed by atoms with Crippen LogP contribution in [0, 0.1) is 18.7 Å². The minimum Gasteiger partial charge on any atom is -0.457 e. The first-order chi connectivity index (χ1) is 9.60. The zero-order valence-electron chi connectivity index (χ0n) is 11.9. The lowest BCUT2D eigenvalue weighted by molar-refractivity contribution is 0.513. The summed E-state index contributed by atoms with van der Waals surface area (Å²) in [6.07, 6.45) is 1.17. The van der Waals surface area contributed by atoms with Crippen molar-refractivity contribution in [2.75, 3.05) is 11.9 Å². The monoisotopic (exact) mass is 275 g/mol. The normalized spacial score (nSPS) is 21.0. The van der Waals surface area contributed by atoms with Crippen molar-refractivity contribution in [3.05, 3.63) is 29.4 Å². The predicted octanol–water partition coefficient (Wildman–Crippen LogP) is 3.74. The standard InChI is InChI=1S/C15H18FN3O/c1-4-17-15-13(16)9(3)18-14(19-15)12-6-5-11(20-12)10-7-8(10)2/h5-6,8,10H,4,7H2,1-3H3,(H,17,18,19). The largest absolute Gasteiger partial charge is 0.457 e. The molecule has 0 spiro atoms. The second-order valence-corrected chi connectivity index (χ2v) is 5.35. The molecule has 0 amide bonds. The number of hydrogen-bond donors (Lipinski definition) is 1. The van der Waals surface area contributed by atoms with Crippen molar-refractivity contribution in [2.45, 2.75) is 33.1 Å². The molecule has 0 bridgehead atoms. The predicted molar refractivity (Wildman–Crippen MR) is 75.1 cm³/mol. The van der Waals surface area contributed by atoms with Crippen molar-refractivity contribution >= 4 is 5.82 Å². The molecular formula is C15H18FN3O. The number of aromatic nitrogens is 2. The van der Waals surface area contributed by atoms with Gasteiger partial charge in [0.05, 0.1) is 5.69 Å². The summed E-state index contributed by atoms with van der Waals surface area (Å²) in [5.41, 5.74) is 0.323. The Hall–Kier alpha value is -1.91. The van der Waals surface area contributed by atoms with Crippen LogP contribution in [0.3, 0.4) is 0 Å². The average molecular weight is 275 g/mol. The Morgan fingerprint density at radius 3 is 2.80 bits per heavy atom. The molecule has 0 saturated heterocycles. The lowest BCUT2D eigenvalue weighted by atomic mass is 10.3. The molecule has 1 fully saturated rings. The van der Waals surface area contributed by atoms with E-state index >= 15 is 0 Å². The maximum Gasteiger partial charge on any atom is 0.198 e. The zero-order chi connectivity index (χ0) is 14.3. The first-order valence-corrected chi connectivity index (χ1v) is 6.98. The molecule has 4 nitrogen and oxygen atoms in total. The summed E-state index contributed by atoms with van der Waals surface area (Å²) in [6.45, 7) is 6.34. The maximum absolute atomic E-state index is 13.9. The number of aryl methyl sites for hydroxylation is 1. The molecule has 1 saturated carbocycles. The van der Waals surface area contributed by atoms with Crippen molar-refractivity contribution in [2.24, 2.45) is 5.92 Å². The van der Waals surface area contributed by atoms with Crippen LogP contribution in [0.5, 0.6) is 0 Å². The molecule has 2 unspecified atom stereocenters. The lowest BCUT2D eigenvalue weighted by Gasteiger charge is -2.07. The highest BCUT2D eigenvalue weighted by atomic mass is 19.1. The van der Waals surface area contributed by atoms with Crippen molar-refractivity contribution in [3.63, 3.8) is 0 Å². The second kappa shape index (κ2) is 4.89. The van der Waals surface area contributed by atoms with E-state index < -0.39 is 5.82 Å². The topological polar surface area (TPSA) is 51.0 Å². The number of rotatable bonds is 4. The number of halogens is 1. The zero-order valence-corrected chi connectivity index (χ0v) is 11.9. The molecule has 106 valence electrons.